The second-order valence-corrected chi connectivity index (χ2v) is 3.38. The van der Waals surface area contributed by atoms with E-state index >= 15 is 0 Å². The van der Waals surface area contributed by atoms with Crippen LogP contribution >= 0.6 is 11.6 Å². The van der Waals surface area contributed by atoms with Crippen molar-refractivity contribution in [3.05, 3.63) is 0 Å². The first-order valence-corrected chi connectivity index (χ1v) is 4.33. The molecule has 2 nitrogen and oxygen atoms in total. The minimum Gasteiger partial charge on any atom is -0.459 e. The quantitative estimate of drug-likeness (QED) is 0.488. The van der Waals surface area contributed by atoms with Gasteiger partial charge in [0.05, 0.1) is 0 Å². The molecule has 0 N–H and O–H groups in total. The Balaban J connectivity index is 3.80. The van der Waals surface area contributed by atoms with Crippen LogP contribution in [0.2, 0.25) is 0 Å². The summed E-state index contributed by atoms with van der Waals surface area (Å²) in [4.78, 5) is 10.7. The van der Waals surface area contributed by atoms with Gasteiger partial charge in [0.15, 0.2) is 0 Å². The number of halogens is 1. The Morgan fingerprint density at radius 1 is 1.55 bits per heavy atom. The van der Waals surface area contributed by atoms with Crippen molar-refractivity contribution >= 4 is 17.6 Å². The minimum atomic E-state index is -0.360. The highest BCUT2D eigenvalue weighted by molar-refractivity contribution is 6.26. The lowest BCUT2D eigenvalue weighted by Crippen LogP contribution is -2.28. The number of hydrogen-bond donors (Lipinski definition) is 0. The van der Waals surface area contributed by atoms with Crippen molar-refractivity contribution in [1.29, 1.82) is 0 Å². The molecule has 0 spiro atoms. The zero-order valence-electron chi connectivity index (χ0n) is 7.32. The summed E-state index contributed by atoms with van der Waals surface area (Å²) in [6.07, 6.45) is 1.87. The molecule has 0 aromatic rings. The first-order valence-electron chi connectivity index (χ1n) is 3.79. The van der Waals surface area contributed by atoms with E-state index in [-0.39, 0.29) is 17.5 Å². The lowest BCUT2D eigenvalue weighted by atomic mass is 10.0. The van der Waals surface area contributed by atoms with E-state index in [1.165, 1.54) is 0 Å². The molecule has 0 unspecified atom stereocenters. The van der Waals surface area contributed by atoms with E-state index in [0.29, 0.717) is 0 Å². The van der Waals surface area contributed by atoms with Crippen molar-refractivity contribution in [1.82, 2.24) is 0 Å². The molecule has 0 fully saturated rings. The summed E-state index contributed by atoms with van der Waals surface area (Å²) in [7, 11) is 0. The molecule has 0 amide bonds. The van der Waals surface area contributed by atoms with Crippen molar-refractivity contribution < 1.29 is 9.53 Å². The molecule has 0 aliphatic carbocycles. The predicted octanol–water partition coefficient (Wildman–Crippen LogP) is 2.35. The Morgan fingerprint density at radius 3 is 2.45 bits per heavy atom. The summed E-state index contributed by atoms with van der Waals surface area (Å²) in [5.74, 6) is -0.405. The van der Waals surface area contributed by atoms with Gasteiger partial charge in [-0.25, -0.2) is 0 Å². The van der Waals surface area contributed by atoms with E-state index in [4.69, 9.17) is 16.3 Å². The van der Waals surface area contributed by atoms with Crippen molar-refractivity contribution in [3.63, 3.8) is 0 Å². The molecule has 0 aliphatic heterocycles. The molecular weight excluding hydrogens is 164 g/mol. The van der Waals surface area contributed by atoms with Gasteiger partial charge in [-0.05, 0) is 20.3 Å². The fourth-order valence-corrected chi connectivity index (χ4v) is 1.04. The average Bonchev–Trinajstić information content (AvgIpc) is 1.86. The molecule has 0 atom stereocenters. The minimum absolute atomic E-state index is 0.0624. The van der Waals surface area contributed by atoms with Crippen molar-refractivity contribution in [2.75, 3.05) is 5.88 Å². The first-order chi connectivity index (χ1) is 5.02. The van der Waals surface area contributed by atoms with E-state index in [1.54, 1.807) is 0 Å². The van der Waals surface area contributed by atoms with Crippen LogP contribution in [0.4, 0.5) is 0 Å². The fourth-order valence-electron chi connectivity index (χ4n) is 0.989. The second kappa shape index (κ2) is 4.60. The number of carbonyl (C=O) groups is 1. The van der Waals surface area contributed by atoms with Gasteiger partial charge in [-0.15, -0.1) is 11.6 Å². The predicted molar refractivity (Wildman–Crippen MR) is 45.8 cm³/mol. The van der Waals surface area contributed by atoms with Crippen LogP contribution < -0.4 is 0 Å². The smallest absolute Gasteiger partial charge is 0.321 e. The van der Waals surface area contributed by atoms with Crippen LogP contribution in [0.5, 0.6) is 0 Å². The van der Waals surface area contributed by atoms with E-state index < -0.39 is 0 Å². The highest BCUT2D eigenvalue weighted by atomic mass is 35.5. The van der Waals surface area contributed by atoms with Crippen LogP contribution in [0.3, 0.4) is 0 Å². The molecular formula is C8H15ClO2. The van der Waals surface area contributed by atoms with Gasteiger partial charge in [0.2, 0.25) is 0 Å². The van der Waals surface area contributed by atoms with Crippen molar-refractivity contribution in [2.45, 2.75) is 39.2 Å². The monoisotopic (exact) mass is 178 g/mol. The Labute approximate surface area is 72.9 Å². The summed E-state index contributed by atoms with van der Waals surface area (Å²) in [5.41, 5.74) is -0.360. The van der Waals surface area contributed by atoms with Gasteiger partial charge in [-0.3, -0.25) is 4.79 Å². The van der Waals surface area contributed by atoms with Gasteiger partial charge < -0.3 is 4.74 Å². The van der Waals surface area contributed by atoms with Crippen LogP contribution in [0.1, 0.15) is 33.6 Å². The van der Waals surface area contributed by atoms with E-state index in [2.05, 4.69) is 6.92 Å². The SMILES string of the molecule is CCCC(C)(C)OC(=O)CCl. The molecule has 0 bridgehead atoms. The van der Waals surface area contributed by atoms with Gasteiger partial charge in [-0.1, -0.05) is 13.3 Å². The number of hydrogen-bond acceptors (Lipinski definition) is 2. The number of rotatable bonds is 4. The van der Waals surface area contributed by atoms with Crippen LogP contribution in [-0.2, 0) is 9.53 Å². The molecule has 0 aliphatic rings. The average molecular weight is 179 g/mol. The fraction of sp³-hybridized carbons (Fsp3) is 0.875. The zero-order chi connectivity index (χ0) is 8.91. The summed E-state index contributed by atoms with van der Waals surface area (Å²) in [5, 5.41) is 0. The van der Waals surface area contributed by atoms with Gasteiger partial charge in [0.1, 0.15) is 11.5 Å². The standard InChI is InChI=1S/C8H15ClO2/c1-4-5-8(2,3)11-7(10)6-9/h4-6H2,1-3H3. The molecule has 11 heavy (non-hydrogen) atoms. The molecule has 0 heterocycles. The third-order valence-corrected chi connectivity index (χ3v) is 1.57. The van der Waals surface area contributed by atoms with E-state index in [0.717, 1.165) is 12.8 Å². The van der Waals surface area contributed by atoms with Crippen LogP contribution in [-0.4, -0.2) is 17.5 Å². The van der Waals surface area contributed by atoms with Crippen LogP contribution in [0.15, 0.2) is 0 Å². The third-order valence-electron chi connectivity index (χ3n) is 1.35. The Morgan fingerprint density at radius 2 is 2.09 bits per heavy atom. The first kappa shape index (κ1) is 10.8. The summed E-state index contributed by atoms with van der Waals surface area (Å²) in [6.45, 7) is 5.83. The number of carbonyl (C=O) groups excluding carboxylic acids is 1. The largest absolute Gasteiger partial charge is 0.459 e. The topological polar surface area (TPSA) is 26.3 Å². The maximum absolute atomic E-state index is 10.7. The Bertz CT molecular complexity index is 132. The van der Waals surface area contributed by atoms with Crippen molar-refractivity contribution in [2.24, 2.45) is 0 Å². The number of ether oxygens (including phenoxy) is 1. The van der Waals surface area contributed by atoms with E-state index in [1.807, 2.05) is 13.8 Å². The third kappa shape index (κ3) is 5.08. The van der Waals surface area contributed by atoms with Gasteiger partial charge in [0, 0.05) is 0 Å². The van der Waals surface area contributed by atoms with Crippen LogP contribution in [0, 0.1) is 0 Å². The second-order valence-electron chi connectivity index (χ2n) is 3.12. The number of esters is 1. The zero-order valence-corrected chi connectivity index (χ0v) is 8.07. The molecule has 0 aromatic carbocycles. The molecule has 3 heteroatoms. The summed E-state index contributed by atoms with van der Waals surface area (Å²) in [6, 6.07) is 0. The molecule has 0 rings (SSSR count). The molecule has 0 radical (unpaired) electrons. The summed E-state index contributed by atoms with van der Waals surface area (Å²) >= 11 is 5.28. The molecule has 66 valence electrons. The molecule has 0 saturated heterocycles. The van der Waals surface area contributed by atoms with Gasteiger partial charge in [0.25, 0.3) is 0 Å². The highest BCUT2D eigenvalue weighted by Crippen LogP contribution is 2.16. The lowest BCUT2D eigenvalue weighted by Gasteiger charge is -2.23. The maximum Gasteiger partial charge on any atom is 0.321 e. The summed E-state index contributed by atoms with van der Waals surface area (Å²) < 4.78 is 5.06. The Kier molecular flexibility index (Phi) is 4.50. The normalized spacial score (nSPS) is 11.3. The van der Waals surface area contributed by atoms with Crippen LogP contribution in [0.25, 0.3) is 0 Å². The highest BCUT2D eigenvalue weighted by Gasteiger charge is 2.20. The molecule has 0 saturated carbocycles. The van der Waals surface area contributed by atoms with Crippen molar-refractivity contribution in [3.8, 4) is 0 Å². The van der Waals surface area contributed by atoms with Gasteiger partial charge in [-0.2, -0.15) is 0 Å². The molecule has 0 aromatic heterocycles. The number of alkyl halides is 1. The maximum atomic E-state index is 10.7. The van der Waals surface area contributed by atoms with E-state index in [9.17, 15) is 4.79 Å². The lowest BCUT2D eigenvalue weighted by molar-refractivity contribution is -0.153. The Hall–Kier alpha value is -0.240. The van der Waals surface area contributed by atoms with Gasteiger partial charge >= 0.3 is 5.97 Å².